The van der Waals surface area contributed by atoms with Crippen molar-refractivity contribution < 1.29 is 4.74 Å². The van der Waals surface area contributed by atoms with Crippen molar-refractivity contribution in [3.8, 4) is 17.0 Å². The number of aromatic nitrogens is 4. The first-order valence-corrected chi connectivity index (χ1v) is 8.79. The van der Waals surface area contributed by atoms with Crippen molar-refractivity contribution in [2.75, 3.05) is 20.1 Å². The third-order valence-corrected chi connectivity index (χ3v) is 4.87. The highest BCUT2D eigenvalue weighted by molar-refractivity contribution is 9.10. The number of fused-ring (bicyclic) bond motifs is 1. The molecule has 0 unspecified atom stereocenters. The van der Waals surface area contributed by atoms with Gasteiger partial charge in [0.25, 0.3) is 0 Å². The molecule has 0 atom stereocenters. The molecule has 0 amide bonds. The molecule has 1 aliphatic heterocycles. The summed E-state index contributed by atoms with van der Waals surface area (Å²) in [5.74, 6) is 0.823. The van der Waals surface area contributed by atoms with Gasteiger partial charge in [-0.05, 0) is 48.0 Å². The Hall–Kier alpha value is -1.99. The lowest BCUT2D eigenvalue weighted by molar-refractivity contribution is 0.114. The van der Waals surface area contributed by atoms with Gasteiger partial charge in [-0.1, -0.05) is 0 Å². The summed E-state index contributed by atoms with van der Waals surface area (Å²) >= 11 is 3.43. The van der Waals surface area contributed by atoms with E-state index in [-0.39, 0.29) is 6.10 Å². The Bertz CT molecular complexity index is 840. The van der Waals surface area contributed by atoms with Crippen LogP contribution < -0.4 is 4.74 Å². The molecule has 0 aromatic carbocycles. The zero-order valence-electron chi connectivity index (χ0n) is 13.4. The van der Waals surface area contributed by atoms with Crippen molar-refractivity contribution in [2.24, 2.45) is 0 Å². The maximum Gasteiger partial charge on any atom is 0.169 e. The van der Waals surface area contributed by atoms with E-state index in [1.807, 2.05) is 24.5 Å². The Morgan fingerprint density at radius 2 is 1.96 bits per heavy atom. The second-order valence-corrected chi connectivity index (χ2v) is 6.96. The lowest BCUT2D eigenvalue weighted by Crippen LogP contribution is -2.35. The molecule has 4 rings (SSSR count). The van der Waals surface area contributed by atoms with E-state index in [9.17, 15) is 0 Å². The SMILES string of the molecule is CN1CCC(Oc2ccc(-c3cnc4c(Br)cnn4c3)nc2)CC1. The molecule has 1 fully saturated rings. The number of rotatable bonds is 3. The van der Waals surface area contributed by atoms with Crippen molar-refractivity contribution in [1.82, 2.24) is 24.5 Å². The van der Waals surface area contributed by atoms with Crippen LogP contribution in [-0.4, -0.2) is 50.7 Å². The van der Waals surface area contributed by atoms with Crippen LogP contribution in [0, 0.1) is 0 Å². The Labute approximate surface area is 148 Å². The van der Waals surface area contributed by atoms with Gasteiger partial charge in [0, 0.05) is 31.0 Å². The summed E-state index contributed by atoms with van der Waals surface area (Å²) in [7, 11) is 2.15. The minimum absolute atomic E-state index is 0.285. The first-order valence-electron chi connectivity index (χ1n) is 7.99. The van der Waals surface area contributed by atoms with E-state index in [1.165, 1.54) is 0 Å². The van der Waals surface area contributed by atoms with Gasteiger partial charge in [-0.2, -0.15) is 5.10 Å². The summed E-state index contributed by atoms with van der Waals surface area (Å²) < 4.78 is 8.66. The lowest BCUT2D eigenvalue weighted by atomic mass is 10.1. The molecule has 0 bridgehead atoms. The van der Waals surface area contributed by atoms with Crippen molar-refractivity contribution in [3.63, 3.8) is 0 Å². The summed E-state index contributed by atoms with van der Waals surface area (Å²) in [4.78, 5) is 11.3. The number of likely N-dealkylation sites (tertiary alicyclic amines) is 1. The molecule has 4 heterocycles. The van der Waals surface area contributed by atoms with Gasteiger partial charge in [0.1, 0.15) is 11.9 Å². The van der Waals surface area contributed by atoms with Crippen LogP contribution in [0.4, 0.5) is 0 Å². The second kappa shape index (κ2) is 6.49. The number of pyridine rings is 1. The van der Waals surface area contributed by atoms with E-state index in [0.717, 1.165) is 53.1 Å². The van der Waals surface area contributed by atoms with Crippen molar-refractivity contribution in [1.29, 1.82) is 0 Å². The number of halogens is 1. The third kappa shape index (κ3) is 3.14. The second-order valence-electron chi connectivity index (χ2n) is 6.10. The molecule has 0 radical (unpaired) electrons. The molecule has 1 aliphatic rings. The number of nitrogens with zero attached hydrogens (tertiary/aromatic N) is 5. The number of hydrogen-bond acceptors (Lipinski definition) is 5. The zero-order chi connectivity index (χ0) is 16.5. The number of hydrogen-bond donors (Lipinski definition) is 0. The zero-order valence-corrected chi connectivity index (χ0v) is 15.0. The highest BCUT2D eigenvalue weighted by atomic mass is 79.9. The molecule has 0 saturated carbocycles. The molecule has 0 N–H and O–H groups in total. The fraction of sp³-hybridized carbons (Fsp3) is 0.353. The van der Waals surface area contributed by atoms with Gasteiger partial charge in [-0.3, -0.25) is 4.98 Å². The smallest absolute Gasteiger partial charge is 0.169 e. The Kier molecular flexibility index (Phi) is 4.20. The first-order chi connectivity index (χ1) is 11.7. The predicted molar refractivity (Wildman–Crippen MR) is 95.1 cm³/mol. The van der Waals surface area contributed by atoms with E-state index in [1.54, 1.807) is 16.9 Å². The maximum atomic E-state index is 6.04. The molecular formula is C17H18BrN5O. The maximum absolute atomic E-state index is 6.04. The monoisotopic (exact) mass is 387 g/mol. The molecule has 7 heteroatoms. The standard InChI is InChI=1S/C17H18BrN5O/c1-22-6-4-13(5-7-22)24-14-2-3-16(19-9-14)12-8-20-17-15(18)10-21-23(17)11-12/h2-3,8-11,13H,4-7H2,1H3. The molecular weight excluding hydrogens is 370 g/mol. The third-order valence-electron chi connectivity index (χ3n) is 4.31. The fourth-order valence-corrected chi connectivity index (χ4v) is 3.27. The quantitative estimate of drug-likeness (QED) is 0.691. The Morgan fingerprint density at radius 3 is 2.71 bits per heavy atom. The van der Waals surface area contributed by atoms with Crippen molar-refractivity contribution in [2.45, 2.75) is 18.9 Å². The van der Waals surface area contributed by atoms with E-state index >= 15 is 0 Å². The largest absolute Gasteiger partial charge is 0.489 e. The van der Waals surface area contributed by atoms with Crippen LogP contribution in [0.15, 0.2) is 41.4 Å². The van der Waals surface area contributed by atoms with Gasteiger partial charge in [0.05, 0.1) is 22.6 Å². The minimum Gasteiger partial charge on any atom is -0.489 e. The Balaban J connectivity index is 1.50. The summed E-state index contributed by atoms with van der Waals surface area (Å²) in [6.45, 7) is 2.17. The van der Waals surface area contributed by atoms with Gasteiger partial charge in [-0.15, -0.1) is 0 Å². The van der Waals surface area contributed by atoms with Crippen LogP contribution in [0.1, 0.15) is 12.8 Å². The van der Waals surface area contributed by atoms with Crippen molar-refractivity contribution >= 4 is 21.6 Å². The average Bonchev–Trinajstić information content (AvgIpc) is 2.98. The minimum atomic E-state index is 0.285. The van der Waals surface area contributed by atoms with Gasteiger partial charge in [0.15, 0.2) is 5.65 Å². The van der Waals surface area contributed by atoms with E-state index in [0.29, 0.717) is 0 Å². The van der Waals surface area contributed by atoms with E-state index < -0.39 is 0 Å². The molecule has 24 heavy (non-hydrogen) atoms. The van der Waals surface area contributed by atoms with E-state index in [4.69, 9.17) is 4.74 Å². The molecule has 6 nitrogen and oxygen atoms in total. The van der Waals surface area contributed by atoms with E-state index in [2.05, 4.69) is 42.9 Å². The molecule has 3 aromatic heterocycles. The molecule has 3 aromatic rings. The van der Waals surface area contributed by atoms with Crippen LogP contribution in [0.25, 0.3) is 16.9 Å². The summed E-state index contributed by atoms with van der Waals surface area (Å²) in [5.41, 5.74) is 2.57. The van der Waals surface area contributed by atoms with Gasteiger partial charge < -0.3 is 9.64 Å². The summed E-state index contributed by atoms with van der Waals surface area (Å²) in [6, 6.07) is 3.94. The average molecular weight is 388 g/mol. The van der Waals surface area contributed by atoms with Crippen LogP contribution >= 0.6 is 15.9 Å². The van der Waals surface area contributed by atoms with Crippen LogP contribution in [0.3, 0.4) is 0 Å². The topological polar surface area (TPSA) is 55.5 Å². The highest BCUT2D eigenvalue weighted by Crippen LogP contribution is 2.23. The normalized spacial score (nSPS) is 16.6. The van der Waals surface area contributed by atoms with Crippen LogP contribution in [0.2, 0.25) is 0 Å². The predicted octanol–water partition coefficient (Wildman–Crippen LogP) is 3.03. The number of ether oxygens (including phenoxy) is 1. The molecule has 0 aliphatic carbocycles. The molecule has 124 valence electrons. The van der Waals surface area contributed by atoms with Crippen LogP contribution in [0.5, 0.6) is 5.75 Å². The first kappa shape index (κ1) is 15.5. The fourth-order valence-electron chi connectivity index (χ4n) is 2.89. The van der Waals surface area contributed by atoms with Crippen LogP contribution in [-0.2, 0) is 0 Å². The number of piperidine rings is 1. The summed E-state index contributed by atoms with van der Waals surface area (Å²) in [5, 5.41) is 4.26. The molecule has 1 saturated heterocycles. The Morgan fingerprint density at radius 1 is 1.12 bits per heavy atom. The highest BCUT2D eigenvalue weighted by Gasteiger charge is 2.18. The summed E-state index contributed by atoms with van der Waals surface area (Å²) in [6.07, 6.45) is 9.66. The van der Waals surface area contributed by atoms with Gasteiger partial charge in [0.2, 0.25) is 0 Å². The molecule has 0 spiro atoms. The van der Waals surface area contributed by atoms with Gasteiger partial charge >= 0.3 is 0 Å². The van der Waals surface area contributed by atoms with Crippen molar-refractivity contribution in [3.05, 3.63) is 41.4 Å². The van der Waals surface area contributed by atoms with Gasteiger partial charge in [-0.25, -0.2) is 9.50 Å². The lowest BCUT2D eigenvalue weighted by Gasteiger charge is -2.29.